The van der Waals surface area contributed by atoms with Crippen LogP contribution in [0.2, 0.25) is 0 Å². The number of ether oxygens (including phenoxy) is 1. The smallest absolute Gasteiger partial charge is 0.260 e. The maximum Gasteiger partial charge on any atom is 0.260 e. The second-order valence-corrected chi connectivity index (χ2v) is 7.01. The highest BCUT2D eigenvalue weighted by Gasteiger charge is 2.24. The Bertz CT molecular complexity index is 1000. The minimum Gasteiger partial charge on any atom is -0.478 e. The van der Waals surface area contributed by atoms with Gasteiger partial charge in [0.1, 0.15) is 5.52 Å². The SMILES string of the molecule is C[C@H](Oc1ccccc1F)C(=O)NCCn1nc([C@@H]2CCNC2)c2nccnc21. The number of carbonyl (C=O) groups excluding carboxylic acids is 1. The van der Waals surface area contributed by atoms with Crippen LogP contribution in [0.5, 0.6) is 5.75 Å². The quantitative estimate of drug-likeness (QED) is 0.628. The summed E-state index contributed by atoms with van der Waals surface area (Å²) < 4.78 is 20.9. The van der Waals surface area contributed by atoms with E-state index < -0.39 is 11.9 Å². The van der Waals surface area contributed by atoms with Gasteiger partial charge in [-0.2, -0.15) is 5.10 Å². The number of rotatable bonds is 7. The van der Waals surface area contributed by atoms with Crippen LogP contribution in [-0.2, 0) is 11.3 Å². The zero-order valence-corrected chi connectivity index (χ0v) is 16.1. The Balaban J connectivity index is 1.38. The van der Waals surface area contributed by atoms with Crippen molar-refractivity contribution in [2.45, 2.75) is 31.9 Å². The highest BCUT2D eigenvalue weighted by Crippen LogP contribution is 2.26. The molecule has 1 fully saturated rings. The standard InChI is InChI=1S/C20H23FN6O2/c1-13(29-16-5-3-2-4-15(16)21)20(28)25-10-11-27-19-18(23-8-9-24-19)17(26-27)14-6-7-22-12-14/h2-5,8-9,13-14,22H,6-7,10-12H2,1H3,(H,25,28)/t13-,14+/m0/s1. The number of halogens is 1. The van der Waals surface area contributed by atoms with Crippen molar-refractivity contribution in [1.29, 1.82) is 0 Å². The molecule has 0 spiro atoms. The first-order valence-corrected chi connectivity index (χ1v) is 9.70. The van der Waals surface area contributed by atoms with Gasteiger partial charge in [-0.3, -0.25) is 4.79 Å². The lowest BCUT2D eigenvalue weighted by Crippen LogP contribution is -2.38. The fourth-order valence-corrected chi connectivity index (χ4v) is 3.46. The summed E-state index contributed by atoms with van der Waals surface area (Å²) in [6.45, 7) is 4.23. The lowest BCUT2D eigenvalue weighted by molar-refractivity contribution is -0.127. The van der Waals surface area contributed by atoms with Crippen LogP contribution in [0.1, 0.15) is 25.0 Å². The first kappa shape index (κ1) is 19.3. The van der Waals surface area contributed by atoms with Gasteiger partial charge in [0.05, 0.1) is 12.2 Å². The third-order valence-electron chi connectivity index (χ3n) is 4.97. The predicted octanol–water partition coefficient (Wildman–Crippen LogP) is 1.63. The van der Waals surface area contributed by atoms with Gasteiger partial charge in [-0.1, -0.05) is 12.1 Å². The molecule has 1 amide bonds. The fraction of sp³-hybridized carbons (Fsp3) is 0.400. The number of fused-ring (bicyclic) bond motifs is 1. The van der Waals surface area contributed by atoms with Crippen LogP contribution in [0.25, 0.3) is 11.2 Å². The second-order valence-electron chi connectivity index (χ2n) is 7.01. The van der Waals surface area contributed by atoms with E-state index in [1.54, 1.807) is 36.1 Å². The molecule has 0 bridgehead atoms. The maximum atomic E-state index is 13.7. The third-order valence-corrected chi connectivity index (χ3v) is 4.97. The predicted molar refractivity (Wildman–Crippen MR) is 105 cm³/mol. The van der Waals surface area contributed by atoms with Crippen molar-refractivity contribution in [2.75, 3.05) is 19.6 Å². The molecule has 8 nitrogen and oxygen atoms in total. The average molecular weight is 398 g/mol. The molecule has 4 rings (SSSR count). The highest BCUT2D eigenvalue weighted by atomic mass is 19.1. The van der Waals surface area contributed by atoms with E-state index in [0.29, 0.717) is 24.7 Å². The molecule has 3 aromatic rings. The van der Waals surface area contributed by atoms with Crippen molar-refractivity contribution in [3.05, 3.63) is 48.2 Å². The van der Waals surface area contributed by atoms with Crippen molar-refractivity contribution < 1.29 is 13.9 Å². The number of para-hydroxylation sites is 1. The number of hydrogen-bond acceptors (Lipinski definition) is 6. The van der Waals surface area contributed by atoms with Crippen molar-refractivity contribution in [3.8, 4) is 5.75 Å². The van der Waals surface area contributed by atoms with E-state index in [1.807, 2.05) is 0 Å². The monoisotopic (exact) mass is 398 g/mol. The van der Waals surface area contributed by atoms with Crippen LogP contribution >= 0.6 is 0 Å². The van der Waals surface area contributed by atoms with Crippen LogP contribution in [0.4, 0.5) is 4.39 Å². The van der Waals surface area contributed by atoms with E-state index in [9.17, 15) is 9.18 Å². The highest BCUT2D eigenvalue weighted by molar-refractivity contribution is 5.80. The van der Waals surface area contributed by atoms with Crippen LogP contribution in [0, 0.1) is 5.82 Å². The Labute approximate surface area is 167 Å². The molecule has 0 aliphatic carbocycles. The summed E-state index contributed by atoms with van der Waals surface area (Å²) in [5.74, 6) is -0.448. The average Bonchev–Trinajstić information content (AvgIpc) is 3.38. The third kappa shape index (κ3) is 4.19. The lowest BCUT2D eigenvalue weighted by atomic mass is 10.0. The molecule has 3 heterocycles. The summed E-state index contributed by atoms with van der Waals surface area (Å²) in [5.41, 5.74) is 2.46. The fourth-order valence-electron chi connectivity index (χ4n) is 3.46. The molecule has 9 heteroatoms. The summed E-state index contributed by atoms with van der Waals surface area (Å²) in [6.07, 6.45) is 3.51. The lowest BCUT2D eigenvalue weighted by Gasteiger charge is -2.15. The summed E-state index contributed by atoms with van der Waals surface area (Å²) in [6, 6.07) is 6.01. The summed E-state index contributed by atoms with van der Waals surface area (Å²) in [5, 5.41) is 10.9. The number of carbonyl (C=O) groups is 1. The molecule has 1 aromatic carbocycles. The summed E-state index contributed by atoms with van der Waals surface area (Å²) in [7, 11) is 0. The molecule has 2 N–H and O–H groups in total. The Morgan fingerprint density at radius 1 is 1.38 bits per heavy atom. The molecule has 1 aliphatic rings. The van der Waals surface area contributed by atoms with E-state index in [4.69, 9.17) is 9.84 Å². The minimum absolute atomic E-state index is 0.0540. The van der Waals surface area contributed by atoms with Gasteiger partial charge in [0.25, 0.3) is 5.91 Å². The largest absolute Gasteiger partial charge is 0.478 e. The molecule has 29 heavy (non-hydrogen) atoms. The van der Waals surface area contributed by atoms with Crippen molar-refractivity contribution in [1.82, 2.24) is 30.4 Å². The van der Waals surface area contributed by atoms with Gasteiger partial charge in [0.2, 0.25) is 0 Å². The molecule has 2 atom stereocenters. The van der Waals surface area contributed by atoms with Gasteiger partial charge >= 0.3 is 0 Å². The van der Waals surface area contributed by atoms with Crippen LogP contribution in [0.15, 0.2) is 36.7 Å². The molecule has 2 aromatic heterocycles. The number of benzene rings is 1. The van der Waals surface area contributed by atoms with Crippen molar-refractivity contribution in [2.24, 2.45) is 0 Å². The van der Waals surface area contributed by atoms with E-state index >= 15 is 0 Å². The summed E-state index contributed by atoms with van der Waals surface area (Å²) in [4.78, 5) is 21.2. The first-order chi connectivity index (χ1) is 14.1. The van der Waals surface area contributed by atoms with E-state index in [1.165, 1.54) is 12.1 Å². The Kier molecular flexibility index (Phi) is 5.66. The second kappa shape index (κ2) is 8.52. The van der Waals surface area contributed by atoms with Crippen LogP contribution in [0.3, 0.4) is 0 Å². The molecular formula is C20H23FN6O2. The molecule has 152 valence electrons. The van der Waals surface area contributed by atoms with Crippen LogP contribution in [-0.4, -0.2) is 51.4 Å². The van der Waals surface area contributed by atoms with Gasteiger partial charge < -0.3 is 15.4 Å². The number of aromatic nitrogens is 4. The zero-order chi connectivity index (χ0) is 20.2. The number of nitrogens with one attached hydrogen (secondary N) is 2. The number of nitrogens with zero attached hydrogens (tertiary/aromatic N) is 4. The molecule has 1 aliphatic heterocycles. The number of hydrogen-bond donors (Lipinski definition) is 2. The Morgan fingerprint density at radius 3 is 3.00 bits per heavy atom. The number of amides is 1. The van der Waals surface area contributed by atoms with Crippen LogP contribution < -0.4 is 15.4 Å². The molecule has 0 saturated carbocycles. The Hall–Kier alpha value is -3.07. The van der Waals surface area contributed by atoms with Gasteiger partial charge in [-0.15, -0.1) is 0 Å². The molecule has 0 radical (unpaired) electrons. The molecular weight excluding hydrogens is 375 g/mol. The van der Waals surface area contributed by atoms with Crippen molar-refractivity contribution in [3.63, 3.8) is 0 Å². The minimum atomic E-state index is -0.818. The van der Waals surface area contributed by atoms with Gasteiger partial charge in [0.15, 0.2) is 23.3 Å². The normalized spacial score (nSPS) is 17.4. The van der Waals surface area contributed by atoms with E-state index in [-0.39, 0.29) is 11.7 Å². The molecule has 0 unspecified atom stereocenters. The van der Waals surface area contributed by atoms with E-state index in [2.05, 4.69) is 20.6 Å². The van der Waals surface area contributed by atoms with Crippen molar-refractivity contribution >= 4 is 17.1 Å². The van der Waals surface area contributed by atoms with Gasteiger partial charge in [0, 0.05) is 31.4 Å². The zero-order valence-electron chi connectivity index (χ0n) is 16.1. The maximum absolute atomic E-state index is 13.7. The molecule has 1 saturated heterocycles. The Morgan fingerprint density at radius 2 is 2.21 bits per heavy atom. The van der Waals surface area contributed by atoms with E-state index in [0.717, 1.165) is 30.7 Å². The first-order valence-electron chi connectivity index (χ1n) is 9.70. The summed E-state index contributed by atoms with van der Waals surface area (Å²) >= 11 is 0. The van der Waals surface area contributed by atoms with Gasteiger partial charge in [-0.05, 0) is 32.0 Å². The topological polar surface area (TPSA) is 94.0 Å². The van der Waals surface area contributed by atoms with Gasteiger partial charge in [-0.25, -0.2) is 19.0 Å².